The van der Waals surface area contributed by atoms with Gasteiger partial charge in [-0.3, -0.25) is 14.5 Å². The van der Waals surface area contributed by atoms with Crippen LogP contribution in [0.2, 0.25) is 0 Å². The number of benzene rings is 2. The van der Waals surface area contributed by atoms with Crippen molar-refractivity contribution in [2.45, 2.75) is 13.8 Å². The monoisotopic (exact) mass is 355 g/mol. The maximum atomic E-state index is 12.2. The summed E-state index contributed by atoms with van der Waals surface area (Å²) in [6.07, 6.45) is 0. The van der Waals surface area contributed by atoms with Crippen molar-refractivity contribution in [3.63, 3.8) is 0 Å². The van der Waals surface area contributed by atoms with Gasteiger partial charge in [0.2, 0.25) is 11.8 Å². The molecule has 0 aliphatic heterocycles. The van der Waals surface area contributed by atoms with Gasteiger partial charge in [0.1, 0.15) is 5.75 Å². The molecule has 0 unspecified atom stereocenters. The van der Waals surface area contributed by atoms with Gasteiger partial charge in [-0.2, -0.15) is 0 Å². The van der Waals surface area contributed by atoms with E-state index in [2.05, 4.69) is 10.6 Å². The number of nitrogens with one attached hydrogen (secondary N) is 2. The van der Waals surface area contributed by atoms with E-state index in [0.717, 1.165) is 17.0 Å². The van der Waals surface area contributed by atoms with Gasteiger partial charge in [-0.05, 0) is 55.4 Å². The van der Waals surface area contributed by atoms with Crippen LogP contribution in [0.4, 0.5) is 11.4 Å². The second-order valence-electron chi connectivity index (χ2n) is 6.00. The molecule has 2 N–H and O–H groups in total. The van der Waals surface area contributed by atoms with E-state index in [4.69, 9.17) is 4.74 Å². The van der Waals surface area contributed by atoms with Gasteiger partial charge in [-0.1, -0.05) is 19.1 Å². The highest BCUT2D eigenvalue weighted by atomic mass is 16.5. The number of methoxy groups -OCH3 is 1. The van der Waals surface area contributed by atoms with Gasteiger partial charge in [-0.25, -0.2) is 0 Å². The second kappa shape index (κ2) is 9.58. The average Bonchev–Trinajstić information content (AvgIpc) is 2.61. The van der Waals surface area contributed by atoms with Crippen molar-refractivity contribution >= 4 is 23.2 Å². The van der Waals surface area contributed by atoms with Gasteiger partial charge in [-0.15, -0.1) is 0 Å². The molecule has 2 aromatic carbocycles. The van der Waals surface area contributed by atoms with Gasteiger partial charge in [0.25, 0.3) is 0 Å². The van der Waals surface area contributed by atoms with Crippen molar-refractivity contribution in [1.82, 2.24) is 4.90 Å². The zero-order valence-corrected chi connectivity index (χ0v) is 15.4. The fourth-order valence-electron chi connectivity index (χ4n) is 2.48. The zero-order chi connectivity index (χ0) is 18.9. The Morgan fingerprint density at radius 3 is 2.12 bits per heavy atom. The Labute approximate surface area is 154 Å². The molecule has 26 heavy (non-hydrogen) atoms. The van der Waals surface area contributed by atoms with Gasteiger partial charge in [0.15, 0.2) is 0 Å². The van der Waals surface area contributed by atoms with Crippen LogP contribution in [0.3, 0.4) is 0 Å². The maximum absolute atomic E-state index is 12.2. The summed E-state index contributed by atoms with van der Waals surface area (Å²) in [4.78, 5) is 26.2. The first-order valence-electron chi connectivity index (χ1n) is 8.53. The molecule has 0 saturated carbocycles. The maximum Gasteiger partial charge on any atom is 0.238 e. The van der Waals surface area contributed by atoms with Crippen LogP contribution in [0.15, 0.2) is 48.5 Å². The lowest BCUT2D eigenvalue weighted by molar-refractivity contribution is -0.119. The summed E-state index contributed by atoms with van der Waals surface area (Å²) in [5, 5.41) is 5.68. The molecule has 0 aliphatic carbocycles. The van der Waals surface area contributed by atoms with Crippen LogP contribution < -0.4 is 15.4 Å². The highest BCUT2D eigenvalue weighted by molar-refractivity contribution is 5.94. The van der Waals surface area contributed by atoms with E-state index < -0.39 is 0 Å². The van der Waals surface area contributed by atoms with Crippen molar-refractivity contribution in [3.8, 4) is 5.75 Å². The molecule has 0 heterocycles. The SMILES string of the molecule is CCN(CC(=O)Nc1ccc(OC)cc1)CC(=O)Nc1cccc(C)c1. The van der Waals surface area contributed by atoms with Crippen LogP contribution in [0.5, 0.6) is 5.75 Å². The van der Waals surface area contributed by atoms with E-state index in [1.54, 1.807) is 36.3 Å². The third-order valence-electron chi connectivity index (χ3n) is 3.86. The molecule has 0 bridgehead atoms. The molecule has 2 aromatic rings. The van der Waals surface area contributed by atoms with Crippen LogP contribution in [-0.4, -0.2) is 43.5 Å². The number of carbonyl (C=O) groups excluding carboxylic acids is 2. The number of ether oxygens (including phenoxy) is 1. The Kier molecular flexibility index (Phi) is 7.17. The molecule has 0 saturated heterocycles. The minimum atomic E-state index is -0.166. The molecule has 0 spiro atoms. The highest BCUT2D eigenvalue weighted by Gasteiger charge is 2.13. The topological polar surface area (TPSA) is 70.7 Å². The summed E-state index contributed by atoms with van der Waals surface area (Å²) < 4.78 is 5.09. The Bertz CT molecular complexity index is 744. The summed E-state index contributed by atoms with van der Waals surface area (Å²) in [6.45, 7) is 4.78. The normalized spacial score (nSPS) is 10.5. The summed E-state index contributed by atoms with van der Waals surface area (Å²) in [7, 11) is 1.59. The molecular formula is C20H25N3O3. The van der Waals surface area contributed by atoms with Gasteiger partial charge in [0.05, 0.1) is 20.2 Å². The van der Waals surface area contributed by atoms with Crippen molar-refractivity contribution in [2.75, 3.05) is 37.4 Å². The van der Waals surface area contributed by atoms with Gasteiger partial charge in [0, 0.05) is 11.4 Å². The van der Waals surface area contributed by atoms with Crippen molar-refractivity contribution in [3.05, 3.63) is 54.1 Å². The van der Waals surface area contributed by atoms with Crippen molar-refractivity contribution < 1.29 is 14.3 Å². The Balaban J connectivity index is 1.85. The van der Waals surface area contributed by atoms with Crippen LogP contribution in [0, 0.1) is 6.92 Å². The lowest BCUT2D eigenvalue weighted by atomic mass is 10.2. The number of aryl methyl sites for hydroxylation is 1. The minimum absolute atomic E-state index is 0.143. The molecule has 6 nitrogen and oxygen atoms in total. The fourth-order valence-corrected chi connectivity index (χ4v) is 2.48. The fraction of sp³-hybridized carbons (Fsp3) is 0.300. The molecule has 0 atom stereocenters. The number of rotatable bonds is 8. The molecule has 138 valence electrons. The first-order chi connectivity index (χ1) is 12.5. The standard InChI is InChI=1S/C20H25N3O3/c1-4-23(14-20(25)22-17-7-5-6-15(2)12-17)13-19(24)21-16-8-10-18(26-3)11-9-16/h5-12H,4,13-14H2,1-3H3,(H,21,24)(H,22,25). The minimum Gasteiger partial charge on any atom is -0.497 e. The first kappa shape index (κ1) is 19.5. The smallest absolute Gasteiger partial charge is 0.238 e. The van der Waals surface area contributed by atoms with E-state index >= 15 is 0 Å². The second-order valence-corrected chi connectivity index (χ2v) is 6.00. The number of anilines is 2. The molecule has 6 heteroatoms. The molecule has 0 radical (unpaired) electrons. The van der Waals surface area contributed by atoms with Crippen LogP contribution in [0.25, 0.3) is 0 Å². The van der Waals surface area contributed by atoms with Gasteiger partial charge >= 0.3 is 0 Å². The number of likely N-dealkylation sites (N-methyl/N-ethyl adjacent to an activating group) is 1. The summed E-state index contributed by atoms with van der Waals surface area (Å²) in [5.74, 6) is 0.418. The molecular weight excluding hydrogens is 330 g/mol. The number of hydrogen-bond acceptors (Lipinski definition) is 4. The highest BCUT2D eigenvalue weighted by Crippen LogP contribution is 2.15. The number of carbonyl (C=O) groups is 2. The van der Waals surface area contributed by atoms with E-state index in [9.17, 15) is 9.59 Å². The molecule has 0 fully saturated rings. The molecule has 0 aliphatic rings. The Morgan fingerprint density at radius 1 is 0.962 bits per heavy atom. The van der Waals surface area contributed by atoms with Crippen LogP contribution in [-0.2, 0) is 9.59 Å². The Morgan fingerprint density at radius 2 is 1.58 bits per heavy atom. The van der Waals surface area contributed by atoms with Crippen molar-refractivity contribution in [1.29, 1.82) is 0 Å². The lowest BCUT2D eigenvalue weighted by Crippen LogP contribution is -2.38. The quantitative estimate of drug-likeness (QED) is 0.764. The predicted octanol–water partition coefficient (Wildman–Crippen LogP) is 2.90. The Hall–Kier alpha value is -2.86. The largest absolute Gasteiger partial charge is 0.497 e. The van der Waals surface area contributed by atoms with E-state index in [1.165, 1.54) is 0 Å². The lowest BCUT2D eigenvalue weighted by Gasteiger charge is -2.19. The first-order valence-corrected chi connectivity index (χ1v) is 8.53. The number of amides is 2. The third-order valence-corrected chi connectivity index (χ3v) is 3.86. The number of hydrogen-bond donors (Lipinski definition) is 2. The van der Waals surface area contributed by atoms with Gasteiger partial charge < -0.3 is 15.4 Å². The van der Waals surface area contributed by atoms with E-state index in [0.29, 0.717) is 12.2 Å². The van der Waals surface area contributed by atoms with Crippen LogP contribution >= 0.6 is 0 Å². The summed E-state index contributed by atoms with van der Waals surface area (Å²) in [6, 6.07) is 14.7. The van der Waals surface area contributed by atoms with E-state index in [1.807, 2.05) is 38.1 Å². The van der Waals surface area contributed by atoms with Crippen molar-refractivity contribution in [2.24, 2.45) is 0 Å². The summed E-state index contributed by atoms with van der Waals surface area (Å²) in [5.41, 5.74) is 2.53. The molecule has 2 rings (SSSR count). The predicted molar refractivity (Wildman–Crippen MR) is 104 cm³/mol. The molecule has 0 aromatic heterocycles. The molecule has 2 amide bonds. The zero-order valence-electron chi connectivity index (χ0n) is 15.4. The summed E-state index contributed by atoms with van der Waals surface area (Å²) >= 11 is 0. The van der Waals surface area contributed by atoms with E-state index in [-0.39, 0.29) is 24.9 Å². The van der Waals surface area contributed by atoms with Crippen LogP contribution in [0.1, 0.15) is 12.5 Å². The number of nitrogens with zero attached hydrogens (tertiary/aromatic N) is 1. The average molecular weight is 355 g/mol. The third kappa shape index (κ3) is 6.22.